The van der Waals surface area contributed by atoms with Crippen LogP contribution in [-0.4, -0.2) is 55.6 Å². The van der Waals surface area contributed by atoms with Crippen molar-refractivity contribution in [1.82, 2.24) is 5.32 Å². The van der Waals surface area contributed by atoms with Gasteiger partial charge in [-0.05, 0) is 37.1 Å². The van der Waals surface area contributed by atoms with Crippen LogP contribution in [0.5, 0.6) is 5.75 Å². The van der Waals surface area contributed by atoms with E-state index in [1.807, 2.05) is 6.92 Å². The molecule has 2 N–H and O–H groups in total. The fourth-order valence-electron chi connectivity index (χ4n) is 2.39. The van der Waals surface area contributed by atoms with E-state index in [4.69, 9.17) is 30.9 Å². The van der Waals surface area contributed by atoms with E-state index in [0.717, 1.165) is 5.56 Å². The Kier molecular flexibility index (Phi) is 6.84. The number of hydrogen-bond acceptors (Lipinski definition) is 5. The van der Waals surface area contributed by atoms with Gasteiger partial charge in [0.15, 0.2) is 6.61 Å². The Morgan fingerprint density at radius 3 is 2.92 bits per heavy atom. The molecule has 8 heteroatoms. The maximum atomic E-state index is 12.1. The van der Waals surface area contributed by atoms with Crippen LogP contribution in [-0.2, 0) is 19.1 Å². The van der Waals surface area contributed by atoms with Gasteiger partial charge in [-0.3, -0.25) is 4.79 Å². The van der Waals surface area contributed by atoms with E-state index in [2.05, 4.69) is 5.32 Å². The van der Waals surface area contributed by atoms with Gasteiger partial charge in [0.25, 0.3) is 5.91 Å². The number of amides is 1. The van der Waals surface area contributed by atoms with E-state index in [0.29, 0.717) is 23.8 Å². The van der Waals surface area contributed by atoms with Crippen LogP contribution >= 0.6 is 11.6 Å². The van der Waals surface area contributed by atoms with E-state index in [1.165, 1.54) is 0 Å². The highest BCUT2D eigenvalue weighted by molar-refractivity contribution is 6.30. The predicted octanol–water partition coefficient (Wildman–Crippen LogP) is 1.40. The molecule has 0 aromatic heterocycles. The van der Waals surface area contributed by atoms with Gasteiger partial charge in [-0.15, -0.1) is 0 Å². The second-order valence-corrected chi connectivity index (χ2v) is 5.92. The number of carbonyl (C=O) groups is 2. The van der Waals surface area contributed by atoms with Crippen LogP contribution in [0.15, 0.2) is 18.2 Å². The molecule has 2 atom stereocenters. The molecule has 2 rings (SSSR count). The molecule has 1 saturated heterocycles. The summed E-state index contributed by atoms with van der Waals surface area (Å²) >= 11 is 5.87. The molecular formula is C16H20ClNO6. The quantitative estimate of drug-likeness (QED) is 0.766. The largest absolute Gasteiger partial charge is 0.484 e. The number of aliphatic carboxylic acids is 1. The number of ether oxygens (including phenoxy) is 3. The predicted molar refractivity (Wildman–Crippen MR) is 86.4 cm³/mol. The maximum Gasteiger partial charge on any atom is 0.329 e. The summed E-state index contributed by atoms with van der Waals surface area (Å²) in [6.45, 7) is 1.99. The average molecular weight is 358 g/mol. The summed E-state index contributed by atoms with van der Waals surface area (Å²) in [5.74, 6) is -0.785. The molecule has 1 heterocycles. The van der Waals surface area contributed by atoms with Crippen LogP contribution in [0.3, 0.4) is 0 Å². The number of carbonyl (C=O) groups excluding carboxylic acids is 1. The van der Waals surface area contributed by atoms with Crippen molar-refractivity contribution < 1.29 is 28.9 Å². The number of rotatable bonds is 7. The summed E-state index contributed by atoms with van der Waals surface area (Å²) in [7, 11) is 0. The van der Waals surface area contributed by atoms with Gasteiger partial charge in [-0.25, -0.2) is 4.79 Å². The van der Waals surface area contributed by atoms with Crippen LogP contribution in [0.2, 0.25) is 5.02 Å². The molecule has 1 aliphatic heterocycles. The summed E-state index contributed by atoms with van der Waals surface area (Å²) < 4.78 is 16.0. The molecule has 1 aromatic carbocycles. The Labute approximate surface area is 144 Å². The van der Waals surface area contributed by atoms with Crippen LogP contribution < -0.4 is 10.1 Å². The number of carboxylic acid groups (broad SMARTS) is 1. The highest BCUT2D eigenvalue weighted by Gasteiger charge is 2.28. The summed E-state index contributed by atoms with van der Waals surface area (Å²) in [5.41, 5.74) is 0.837. The molecule has 0 bridgehead atoms. The minimum Gasteiger partial charge on any atom is -0.484 e. The Morgan fingerprint density at radius 1 is 1.42 bits per heavy atom. The molecular weight excluding hydrogens is 338 g/mol. The monoisotopic (exact) mass is 357 g/mol. The van der Waals surface area contributed by atoms with Crippen molar-refractivity contribution in [2.24, 2.45) is 0 Å². The second kappa shape index (κ2) is 8.86. The Hall–Kier alpha value is -1.83. The van der Waals surface area contributed by atoms with Crippen molar-refractivity contribution in [3.05, 3.63) is 28.8 Å². The van der Waals surface area contributed by atoms with Crippen molar-refractivity contribution in [2.45, 2.75) is 25.5 Å². The van der Waals surface area contributed by atoms with Gasteiger partial charge in [0.05, 0.1) is 12.6 Å². The van der Waals surface area contributed by atoms with E-state index in [9.17, 15) is 9.59 Å². The first-order valence-corrected chi connectivity index (χ1v) is 7.93. The number of halogens is 1. The number of benzene rings is 1. The lowest BCUT2D eigenvalue weighted by Crippen LogP contribution is -2.51. The molecule has 24 heavy (non-hydrogen) atoms. The van der Waals surface area contributed by atoms with Crippen LogP contribution in [0, 0.1) is 6.92 Å². The maximum absolute atomic E-state index is 12.1. The number of nitrogens with one attached hydrogen (secondary N) is 1. The fourth-order valence-corrected chi connectivity index (χ4v) is 2.61. The summed E-state index contributed by atoms with van der Waals surface area (Å²) in [4.78, 5) is 22.7. The standard InChI is InChI=1S/C16H20ClNO6/c1-10-6-11(17)2-3-13(10)23-8-15(19)18-12-4-5-22-7-14(12)24-9-16(20)21/h2-3,6,12,14H,4-5,7-9H2,1H3,(H,18,19)(H,20,21)/t12-,14-/m1/s1. The van der Waals surface area contributed by atoms with Gasteiger partial charge in [0, 0.05) is 11.6 Å². The first-order valence-electron chi connectivity index (χ1n) is 7.55. The summed E-state index contributed by atoms with van der Waals surface area (Å²) in [6, 6.07) is 4.84. The second-order valence-electron chi connectivity index (χ2n) is 5.48. The molecule has 0 spiro atoms. The zero-order valence-electron chi connectivity index (χ0n) is 13.3. The molecule has 1 amide bonds. The van der Waals surface area contributed by atoms with Crippen molar-refractivity contribution in [3.8, 4) is 5.75 Å². The van der Waals surface area contributed by atoms with Crippen molar-refractivity contribution in [2.75, 3.05) is 26.4 Å². The third-order valence-electron chi connectivity index (χ3n) is 3.57. The first kappa shape index (κ1) is 18.5. The smallest absolute Gasteiger partial charge is 0.329 e. The van der Waals surface area contributed by atoms with Crippen LogP contribution in [0.4, 0.5) is 0 Å². The molecule has 1 aliphatic rings. The molecule has 132 valence electrons. The van der Waals surface area contributed by atoms with Gasteiger partial charge < -0.3 is 24.6 Å². The molecule has 0 radical (unpaired) electrons. The molecule has 0 unspecified atom stereocenters. The normalized spacial score (nSPS) is 20.4. The average Bonchev–Trinajstić information content (AvgIpc) is 2.53. The SMILES string of the molecule is Cc1cc(Cl)ccc1OCC(=O)N[C@@H]1CCOC[C@H]1OCC(=O)O. The lowest BCUT2D eigenvalue weighted by Gasteiger charge is -2.31. The Balaban J connectivity index is 1.84. The molecule has 0 aliphatic carbocycles. The lowest BCUT2D eigenvalue weighted by molar-refractivity contribution is -0.149. The number of carboxylic acids is 1. The minimum absolute atomic E-state index is 0.147. The van der Waals surface area contributed by atoms with Crippen molar-refractivity contribution in [1.29, 1.82) is 0 Å². The first-order chi connectivity index (χ1) is 11.5. The summed E-state index contributed by atoms with van der Waals surface area (Å²) in [5, 5.41) is 12.1. The van der Waals surface area contributed by atoms with Crippen molar-refractivity contribution >= 4 is 23.5 Å². The van der Waals surface area contributed by atoms with Crippen molar-refractivity contribution in [3.63, 3.8) is 0 Å². The van der Waals surface area contributed by atoms with E-state index in [1.54, 1.807) is 18.2 Å². The topological polar surface area (TPSA) is 94.1 Å². The van der Waals surface area contributed by atoms with E-state index >= 15 is 0 Å². The Bertz CT molecular complexity index is 594. The number of aryl methyl sites for hydroxylation is 1. The zero-order valence-corrected chi connectivity index (χ0v) is 14.0. The molecule has 1 fully saturated rings. The Morgan fingerprint density at radius 2 is 2.21 bits per heavy atom. The summed E-state index contributed by atoms with van der Waals surface area (Å²) in [6.07, 6.45) is 0.0618. The zero-order chi connectivity index (χ0) is 17.5. The number of hydrogen-bond donors (Lipinski definition) is 2. The molecule has 7 nitrogen and oxygen atoms in total. The van der Waals surface area contributed by atoms with Gasteiger partial charge in [0.2, 0.25) is 0 Å². The minimum atomic E-state index is -1.06. The fraction of sp³-hybridized carbons (Fsp3) is 0.500. The van der Waals surface area contributed by atoms with Gasteiger partial charge >= 0.3 is 5.97 Å². The highest BCUT2D eigenvalue weighted by Crippen LogP contribution is 2.21. The molecule has 0 saturated carbocycles. The van der Waals surface area contributed by atoms with Gasteiger partial charge in [-0.1, -0.05) is 11.6 Å². The van der Waals surface area contributed by atoms with Gasteiger partial charge in [-0.2, -0.15) is 0 Å². The van der Waals surface area contributed by atoms with E-state index < -0.39 is 18.7 Å². The third-order valence-corrected chi connectivity index (χ3v) is 3.80. The third kappa shape index (κ3) is 5.67. The lowest BCUT2D eigenvalue weighted by atomic mass is 10.1. The van der Waals surface area contributed by atoms with Gasteiger partial charge in [0.1, 0.15) is 18.5 Å². The highest BCUT2D eigenvalue weighted by atomic mass is 35.5. The van der Waals surface area contributed by atoms with E-state index in [-0.39, 0.29) is 25.2 Å². The van der Waals surface area contributed by atoms with Crippen LogP contribution in [0.25, 0.3) is 0 Å². The van der Waals surface area contributed by atoms with Crippen LogP contribution in [0.1, 0.15) is 12.0 Å². The molecule has 1 aromatic rings.